The zero-order chi connectivity index (χ0) is 15.7. The molecule has 0 radical (unpaired) electrons. The summed E-state index contributed by atoms with van der Waals surface area (Å²) in [5.41, 5.74) is 1.26. The number of allylic oxidation sites excluding steroid dienone is 1. The summed E-state index contributed by atoms with van der Waals surface area (Å²) in [5, 5.41) is 0. The Balaban J connectivity index is 2.03. The van der Waals surface area contributed by atoms with E-state index >= 15 is 0 Å². The van der Waals surface area contributed by atoms with Crippen molar-refractivity contribution in [2.24, 2.45) is 0 Å². The minimum absolute atomic E-state index is 0.152. The molecule has 0 N–H and O–H groups in total. The number of carbonyl (C=O) groups is 1. The highest BCUT2D eigenvalue weighted by molar-refractivity contribution is 9.10. The van der Waals surface area contributed by atoms with Gasteiger partial charge in [-0.05, 0) is 30.3 Å². The van der Waals surface area contributed by atoms with Crippen LogP contribution in [-0.2, 0) is 0 Å². The predicted molar refractivity (Wildman–Crippen MR) is 86.6 cm³/mol. The van der Waals surface area contributed by atoms with E-state index in [1.54, 1.807) is 38.5 Å². The second-order valence-corrected chi connectivity index (χ2v) is 5.58. The second kappa shape index (κ2) is 5.85. The summed E-state index contributed by atoms with van der Waals surface area (Å²) in [6, 6.07) is 10.8. The minimum Gasteiger partial charge on any atom is -0.493 e. The van der Waals surface area contributed by atoms with Crippen LogP contribution in [0.5, 0.6) is 17.2 Å². The molecule has 0 aromatic heterocycles. The molecule has 1 aliphatic rings. The molecular weight excluding hydrogens is 348 g/mol. The van der Waals surface area contributed by atoms with Gasteiger partial charge in [-0.25, -0.2) is 0 Å². The minimum atomic E-state index is -0.152. The molecule has 22 heavy (non-hydrogen) atoms. The summed E-state index contributed by atoms with van der Waals surface area (Å²) in [6.45, 7) is 0. The topological polar surface area (TPSA) is 44.8 Å². The maximum atomic E-state index is 12.4. The third-order valence-electron chi connectivity index (χ3n) is 3.35. The number of methoxy groups -OCH3 is 2. The van der Waals surface area contributed by atoms with Crippen molar-refractivity contribution in [3.63, 3.8) is 0 Å². The van der Waals surface area contributed by atoms with Gasteiger partial charge in [-0.3, -0.25) is 4.79 Å². The molecule has 0 saturated carbocycles. The molecule has 0 aliphatic carbocycles. The van der Waals surface area contributed by atoms with Crippen LogP contribution in [-0.4, -0.2) is 20.0 Å². The Labute approximate surface area is 136 Å². The molecule has 0 fully saturated rings. The number of benzene rings is 2. The average molecular weight is 361 g/mol. The molecule has 0 amide bonds. The van der Waals surface area contributed by atoms with E-state index in [2.05, 4.69) is 15.9 Å². The summed E-state index contributed by atoms with van der Waals surface area (Å²) in [4.78, 5) is 12.4. The number of hydrogen-bond donors (Lipinski definition) is 0. The number of halogens is 1. The van der Waals surface area contributed by atoms with Crippen molar-refractivity contribution >= 4 is 27.8 Å². The molecule has 1 heterocycles. The molecule has 3 rings (SSSR count). The smallest absolute Gasteiger partial charge is 0.232 e. The first-order valence-corrected chi connectivity index (χ1v) is 7.38. The monoisotopic (exact) mass is 360 g/mol. The molecule has 0 atom stereocenters. The van der Waals surface area contributed by atoms with Crippen LogP contribution in [0.4, 0.5) is 0 Å². The Morgan fingerprint density at radius 1 is 1.14 bits per heavy atom. The fraction of sp³-hybridized carbons (Fsp3) is 0.118. The van der Waals surface area contributed by atoms with E-state index in [0.717, 1.165) is 10.0 Å². The van der Waals surface area contributed by atoms with Gasteiger partial charge in [0.1, 0.15) is 5.75 Å². The van der Waals surface area contributed by atoms with Crippen LogP contribution in [0, 0.1) is 0 Å². The number of fused-ring (bicyclic) bond motifs is 1. The Kier molecular flexibility index (Phi) is 3.90. The van der Waals surface area contributed by atoms with E-state index in [0.29, 0.717) is 22.8 Å². The maximum Gasteiger partial charge on any atom is 0.232 e. The van der Waals surface area contributed by atoms with Crippen LogP contribution in [0.25, 0.3) is 6.08 Å². The highest BCUT2D eigenvalue weighted by atomic mass is 79.9. The van der Waals surface area contributed by atoms with Crippen LogP contribution in [0.1, 0.15) is 15.9 Å². The van der Waals surface area contributed by atoms with Crippen molar-refractivity contribution < 1.29 is 19.0 Å². The van der Waals surface area contributed by atoms with Crippen molar-refractivity contribution in [1.82, 2.24) is 0 Å². The summed E-state index contributed by atoms with van der Waals surface area (Å²) in [6.07, 6.45) is 1.66. The normalized spacial score (nSPS) is 14.7. The Morgan fingerprint density at radius 2 is 1.95 bits per heavy atom. The van der Waals surface area contributed by atoms with E-state index in [1.807, 2.05) is 18.2 Å². The predicted octanol–water partition coefficient (Wildman–Crippen LogP) is 4.08. The van der Waals surface area contributed by atoms with Crippen molar-refractivity contribution in [3.05, 3.63) is 57.8 Å². The van der Waals surface area contributed by atoms with Gasteiger partial charge < -0.3 is 14.2 Å². The van der Waals surface area contributed by atoms with Gasteiger partial charge in [0.25, 0.3) is 0 Å². The van der Waals surface area contributed by atoms with Crippen LogP contribution in [0.3, 0.4) is 0 Å². The number of ketones is 1. The van der Waals surface area contributed by atoms with E-state index in [-0.39, 0.29) is 11.5 Å². The van der Waals surface area contributed by atoms with Gasteiger partial charge in [-0.1, -0.05) is 28.1 Å². The highest BCUT2D eigenvalue weighted by Gasteiger charge is 2.27. The van der Waals surface area contributed by atoms with Crippen LogP contribution < -0.4 is 14.2 Å². The van der Waals surface area contributed by atoms with E-state index in [9.17, 15) is 4.79 Å². The molecule has 0 bridgehead atoms. The molecular formula is C17H13BrO4. The van der Waals surface area contributed by atoms with Gasteiger partial charge in [0.15, 0.2) is 17.3 Å². The SMILES string of the molecule is COc1cccc(/C=C2\Oc3ccc(Br)cc3C2=O)c1OC. The summed E-state index contributed by atoms with van der Waals surface area (Å²) in [7, 11) is 3.13. The molecule has 1 aliphatic heterocycles. The standard InChI is InChI=1S/C17H13BrO4/c1-20-14-5-3-4-10(17(14)21-2)8-15-16(19)12-9-11(18)6-7-13(12)22-15/h3-9H,1-2H3/b15-8-. The third kappa shape index (κ3) is 2.48. The maximum absolute atomic E-state index is 12.4. The quantitative estimate of drug-likeness (QED) is 0.773. The molecule has 2 aromatic carbocycles. The second-order valence-electron chi connectivity index (χ2n) is 4.66. The van der Waals surface area contributed by atoms with Gasteiger partial charge in [-0.15, -0.1) is 0 Å². The largest absolute Gasteiger partial charge is 0.493 e. The van der Waals surface area contributed by atoms with Crippen LogP contribution in [0.2, 0.25) is 0 Å². The lowest BCUT2D eigenvalue weighted by molar-refractivity contribution is 0.101. The third-order valence-corrected chi connectivity index (χ3v) is 3.84. The first kappa shape index (κ1) is 14.7. The number of rotatable bonds is 3. The Hall–Kier alpha value is -2.27. The van der Waals surface area contributed by atoms with Crippen molar-refractivity contribution in [1.29, 1.82) is 0 Å². The molecule has 2 aromatic rings. The van der Waals surface area contributed by atoms with Gasteiger partial charge in [0, 0.05) is 10.0 Å². The first-order chi connectivity index (χ1) is 10.6. The number of para-hydroxylation sites is 1. The lowest BCUT2D eigenvalue weighted by Crippen LogP contribution is -1.99. The van der Waals surface area contributed by atoms with E-state index in [4.69, 9.17) is 14.2 Å². The average Bonchev–Trinajstić information content (AvgIpc) is 2.83. The fourth-order valence-electron chi connectivity index (χ4n) is 2.33. The van der Waals surface area contributed by atoms with Gasteiger partial charge in [0.05, 0.1) is 19.8 Å². The summed E-state index contributed by atoms with van der Waals surface area (Å²) in [5.74, 6) is 1.83. The molecule has 112 valence electrons. The van der Waals surface area contributed by atoms with Crippen LogP contribution in [0.15, 0.2) is 46.6 Å². The first-order valence-electron chi connectivity index (χ1n) is 6.59. The number of hydrogen-bond acceptors (Lipinski definition) is 4. The molecule has 0 spiro atoms. The zero-order valence-corrected chi connectivity index (χ0v) is 13.6. The summed E-state index contributed by atoms with van der Waals surface area (Å²) >= 11 is 3.36. The Morgan fingerprint density at radius 3 is 2.68 bits per heavy atom. The zero-order valence-electron chi connectivity index (χ0n) is 12.1. The highest BCUT2D eigenvalue weighted by Crippen LogP contribution is 2.36. The van der Waals surface area contributed by atoms with Crippen LogP contribution >= 0.6 is 15.9 Å². The van der Waals surface area contributed by atoms with Gasteiger partial charge >= 0.3 is 0 Å². The van der Waals surface area contributed by atoms with Crippen molar-refractivity contribution in [2.45, 2.75) is 0 Å². The number of carbonyl (C=O) groups excluding carboxylic acids is 1. The van der Waals surface area contributed by atoms with E-state index in [1.165, 1.54) is 0 Å². The van der Waals surface area contributed by atoms with Gasteiger partial charge in [-0.2, -0.15) is 0 Å². The number of ether oxygens (including phenoxy) is 3. The van der Waals surface area contributed by atoms with Crippen molar-refractivity contribution in [3.8, 4) is 17.2 Å². The summed E-state index contributed by atoms with van der Waals surface area (Å²) < 4.78 is 17.1. The Bertz CT molecular complexity index is 780. The molecule has 4 nitrogen and oxygen atoms in total. The fourth-order valence-corrected chi connectivity index (χ4v) is 2.69. The van der Waals surface area contributed by atoms with Gasteiger partial charge in [0.2, 0.25) is 5.78 Å². The molecule has 0 saturated heterocycles. The molecule has 5 heteroatoms. The lowest BCUT2D eigenvalue weighted by atomic mass is 10.1. The van der Waals surface area contributed by atoms with Crippen molar-refractivity contribution in [2.75, 3.05) is 14.2 Å². The molecule has 0 unspecified atom stereocenters. The number of Topliss-reactive ketones (excluding diaryl/α,β-unsaturated/α-hetero) is 1. The van der Waals surface area contributed by atoms with E-state index < -0.39 is 0 Å². The lowest BCUT2D eigenvalue weighted by Gasteiger charge is -2.10.